The van der Waals surface area contributed by atoms with Gasteiger partial charge in [-0.05, 0) is 49.6 Å². The van der Waals surface area contributed by atoms with Gasteiger partial charge in [0.05, 0.1) is 39.2 Å². The molecule has 0 aliphatic rings. The van der Waals surface area contributed by atoms with Gasteiger partial charge in [-0.3, -0.25) is 10.2 Å². The minimum Gasteiger partial charge on any atom is -0.494 e. The van der Waals surface area contributed by atoms with Crippen molar-refractivity contribution in [2.75, 3.05) is 46.6 Å². The molecule has 0 aromatic heterocycles. The average Bonchev–Trinajstić information content (AvgIpc) is 2.95. The number of amides is 1. The second kappa shape index (κ2) is 25.8. The number of ether oxygens (including phenoxy) is 3. The molecule has 222 valence electrons. The first kappa shape index (κ1) is 34.6. The Hall–Kier alpha value is -2.45. The van der Waals surface area contributed by atoms with E-state index in [2.05, 4.69) is 27.7 Å². The van der Waals surface area contributed by atoms with Gasteiger partial charge in [0.2, 0.25) is 5.91 Å². The molecule has 0 fully saturated rings. The number of nitrogens with zero attached hydrogens (tertiary/aromatic N) is 2. The van der Waals surface area contributed by atoms with Gasteiger partial charge in [-0.15, -0.1) is 0 Å². The molecule has 0 aliphatic heterocycles. The lowest BCUT2D eigenvalue weighted by molar-refractivity contribution is -0.121. The van der Waals surface area contributed by atoms with Crippen LogP contribution in [0.15, 0.2) is 41.2 Å². The summed E-state index contributed by atoms with van der Waals surface area (Å²) in [6, 6.07) is 7.89. The SMILES string of the molecule is C=C(NN=NC)c1ccc(OCCCCCCCCCCCCCCCC(=O)NCCOCCOCC)cc1. The van der Waals surface area contributed by atoms with Crippen LogP contribution in [0.3, 0.4) is 0 Å². The standard InChI is InChI=1S/C31H54N4O4/c1-4-37-26-27-38-25-23-33-31(36)18-16-14-12-10-8-6-5-7-9-11-13-15-17-24-39-30-21-19-29(20-22-30)28(2)34-35-32-3/h19-22H,2,4-18,23-27H2,1,3H3,(H,32,34)(H,33,36). The van der Waals surface area contributed by atoms with Gasteiger partial charge >= 0.3 is 0 Å². The molecule has 2 N–H and O–H groups in total. The van der Waals surface area contributed by atoms with Crippen molar-refractivity contribution in [1.82, 2.24) is 10.7 Å². The molecule has 0 saturated heterocycles. The van der Waals surface area contributed by atoms with E-state index in [-0.39, 0.29) is 5.91 Å². The van der Waals surface area contributed by atoms with E-state index in [1.165, 1.54) is 64.2 Å². The van der Waals surface area contributed by atoms with Crippen molar-refractivity contribution in [2.45, 2.75) is 96.8 Å². The number of hydrogen-bond donors (Lipinski definition) is 2. The van der Waals surface area contributed by atoms with E-state index in [0.717, 1.165) is 37.2 Å². The van der Waals surface area contributed by atoms with Gasteiger partial charge in [0.15, 0.2) is 0 Å². The lowest BCUT2D eigenvalue weighted by Crippen LogP contribution is -2.27. The van der Waals surface area contributed by atoms with Crippen LogP contribution in [0.25, 0.3) is 5.70 Å². The molecule has 0 aliphatic carbocycles. The van der Waals surface area contributed by atoms with E-state index < -0.39 is 0 Å². The Bertz CT molecular complexity index is 755. The molecule has 0 atom stereocenters. The lowest BCUT2D eigenvalue weighted by Gasteiger charge is -2.08. The summed E-state index contributed by atoms with van der Waals surface area (Å²) in [4.78, 5) is 11.8. The van der Waals surface area contributed by atoms with Crippen LogP contribution in [-0.2, 0) is 14.3 Å². The number of carbonyl (C=O) groups excluding carboxylic acids is 1. The van der Waals surface area contributed by atoms with Crippen LogP contribution in [0.4, 0.5) is 0 Å². The molecular weight excluding hydrogens is 492 g/mol. The molecule has 1 rings (SSSR count). The van der Waals surface area contributed by atoms with E-state index >= 15 is 0 Å². The summed E-state index contributed by atoms with van der Waals surface area (Å²) >= 11 is 0. The minimum atomic E-state index is 0.137. The Kier molecular flexibility index (Phi) is 22.9. The molecule has 0 saturated carbocycles. The molecule has 1 aromatic carbocycles. The van der Waals surface area contributed by atoms with Crippen LogP contribution in [0, 0.1) is 0 Å². The molecule has 0 heterocycles. The zero-order chi connectivity index (χ0) is 28.2. The molecule has 1 amide bonds. The maximum absolute atomic E-state index is 11.8. The van der Waals surface area contributed by atoms with Crippen molar-refractivity contribution in [2.24, 2.45) is 10.3 Å². The number of carbonyl (C=O) groups is 1. The largest absolute Gasteiger partial charge is 0.494 e. The fraction of sp³-hybridized carbons (Fsp3) is 0.710. The van der Waals surface area contributed by atoms with Gasteiger partial charge < -0.3 is 19.5 Å². The lowest BCUT2D eigenvalue weighted by atomic mass is 10.0. The summed E-state index contributed by atoms with van der Waals surface area (Å²) in [5.41, 5.74) is 4.47. The zero-order valence-electron chi connectivity index (χ0n) is 24.7. The van der Waals surface area contributed by atoms with Gasteiger partial charge in [-0.25, -0.2) is 0 Å². The van der Waals surface area contributed by atoms with Crippen LogP contribution in [0.1, 0.15) is 102 Å². The first-order valence-electron chi connectivity index (χ1n) is 15.1. The first-order valence-corrected chi connectivity index (χ1v) is 15.1. The van der Waals surface area contributed by atoms with E-state index in [9.17, 15) is 4.79 Å². The molecule has 0 radical (unpaired) electrons. The zero-order valence-corrected chi connectivity index (χ0v) is 24.7. The van der Waals surface area contributed by atoms with Crippen LogP contribution in [-0.4, -0.2) is 52.5 Å². The molecule has 8 nitrogen and oxygen atoms in total. The molecule has 1 aromatic rings. The summed E-state index contributed by atoms with van der Waals surface area (Å²) in [7, 11) is 1.61. The molecule has 0 spiro atoms. The molecule has 8 heteroatoms. The normalized spacial score (nSPS) is 11.1. The van der Waals surface area contributed by atoms with Crippen molar-refractivity contribution in [3.8, 4) is 5.75 Å². The van der Waals surface area contributed by atoms with Crippen molar-refractivity contribution < 1.29 is 19.0 Å². The van der Waals surface area contributed by atoms with E-state index in [1.807, 2.05) is 31.2 Å². The fourth-order valence-corrected chi connectivity index (χ4v) is 4.16. The van der Waals surface area contributed by atoms with Gasteiger partial charge in [0, 0.05) is 19.6 Å². The van der Waals surface area contributed by atoms with E-state index in [4.69, 9.17) is 14.2 Å². The Morgan fingerprint density at radius 2 is 1.33 bits per heavy atom. The predicted molar refractivity (Wildman–Crippen MR) is 160 cm³/mol. The molecule has 0 unspecified atom stereocenters. The second-order valence-electron chi connectivity index (χ2n) is 9.77. The van der Waals surface area contributed by atoms with Crippen molar-refractivity contribution in [3.05, 3.63) is 36.4 Å². The maximum atomic E-state index is 11.8. The number of benzene rings is 1. The average molecular weight is 547 g/mol. The number of unbranched alkanes of at least 4 members (excludes halogenated alkanes) is 12. The first-order chi connectivity index (χ1) is 19.2. The summed E-state index contributed by atoms with van der Waals surface area (Å²) < 4.78 is 16.4. The van der Waals surface area contributed by atoms with Crippen molar-refractivity contribution >= 4 is 11.6 Å². The monoisotopic (exact) mass is 546 g/mol. The van der Waals surface area contributed by atoms with Gasteiger partial charge in [-0.1, -0.05) is 82.4 Å². The third kappa shape index (κ3) is 21.1. The third-order valence-electron chi connectivity index (χ3n) is 6.45. The van der Waals surface area contributed by atoms with Crippen LogP contribution in [0.2, 0.25) is 0 Å². The van der Waals surface area contributed by atoms with Gasteiger partial charge in [0.25, 0.3) is 0 Å². The van der Waals surface area contributed by atoms with Crippen LogP contribution in [0.5, 0.6) is 5.75 Å². The van der Waals surface area contributed by atoms with Crippen LogP contribution >= 0.6 is 0 Å². The predicted octanol–water partition coefficient (Wildman–Crippen LogP) is 7.25. The summed E-state index contributed by atoms with van der Waals surface area (Å²) in [6.07, 6.45) is 16.9. The summed E-state index contributed by atoms with van der Waals surface area (Å²) in [6.45, 7) is 9.71. The smallest absolute Gasteiger partial charge is 0.220 e. The highest BCUT2D eigenvalue weighted by atomic mass is 16.5. The number of hydrogen-bond acceptors (Lipinski definition) is 6. The summed E-state index contributed by atoms with van der Waals surface area (Å²) in [5, 5.41) is 10.3. The van der Waals surface area contributed by atoms with Gasteiger partial charge in [-0.2, -0.15) is 5.11 Å². The number of rotatable bonds is 27. The summed E-state index contributed by atoms with van der Waals surface area (Å²) in [5.74, 6) is 1.03. The Labute approximate surface area is 237 Å². The Morgan fingerprint density at radius 1 is 0.769 bits per heavy atom. The quantitative estimate of drug-likeness (QED) is 0.0688. The van der Waals surface area contributed by atoms with E-state index in [0.29, 0.717) is 45.1 Å². The molecule has 39 heavy (non-hydrogen) atoms. The maximum Gasteiger partial charge on any atom is 0.220 e. The van der Waals surface area contributed by atoms with Gasteiger partial charge in [0.1, 0.15) is 5.75 Å². The van der Waals surface area contributed by atoms with Crippen molar-refractivity contribution in [1.29, 1.82) is 0 Å². The molecular formula is C31H54N4O4. The highest BCUT2D eigenvalue weighted by molar-refractivity contribution is 5.75. The minimum absolute atomic E-state index is 0.137. The Morgan fingerprint density at radius 3 is 1.92 bits per heavy atom. The third-order valence-corrected chi connectivity index (χ3v) is 6.45. The topological polar surface area (TPSA) is 93.5 Å². The second-order valence-corrected chi connectivity index (χ2v) is 9.77. The number of nitrogens with one attached hydrogen (secondary N) is 2. The molecule has 0 bridgehead atoms. The van der Waals surface area contributed by atoms with Crippen LogP contribution < -0.4 is 15.5 Å². The highest BCUT2D eigenvalue weighted by Gasteiger charge is 2.02. The van der Waals surface area contributed by atoms with E-state index in [1.54, 1.807) is 7.05 Å². The highest BCUT2D eigenvalue weighted by Crippen LogP contribution is 2.17. The van der Waals surface area contributed by atoms with Crippen molar-refractivity contribution in [3.63, 3.8) is 0 Å². The fourth-order valence-electron chi connectivity index (χ4n) is 4.16. The Balaban J connectivity index is 1.81.